The van der Waals surface area contributed by atoms with Crippen LogP contribution in [0, 0.1) is 23.2 Å². The summed E-state index contributed by atoms with van der Waals surface area (Å²) in [7, 11) is 1.39. The molecular formula is C10H14N2O2. The number of hydrogen-bond donors (Lipinski definition) is 0. The maximum absolute atomic E-state index is 11.4. The van der Waals surface area contributed by atoms with Gasteiger partial charge in [-0.2, -0.15) is 5.26 Å². The first-order valence-electron chi connectivity index (χ1n) is 5.00. The number of ether oxygens (including phenoxy) is 1. The van der Waals surface area contributed by atoms with Crippen LogP contribution in [0.5, 0.6) is 0 Å². The lowest BCUT2D eigenvalue weighted by atomic mass is 9.73. The van der Waals surface area contributed by atoms with Crippen molar-refractivity contribution in [2.45, 2.75) is 25.3 Å². The lowest BCUT2D eigenvalue weighted by Gasteiger charge is -2.46. The number of amides is 1. The SMILES string of the molecule is COC(=O)N1C[C@H]2CC[C@H]1[C@@H](C#N)C2. The summed E-state index contributed by atoms with van der Waals surface area (Å²) in [5, 5.41) is 8.96. The first kappa shape index (κ1) is 9.32. The molecule has 0 aromatic rings. The smallest absolute Gasteiger partial charge is 0.409 e. The van der Waals surface area contributed by atoms with E-state index in [0.29, 0.717) is 5.92 Å². The van der Waals surface area contributed by atoms with Crippen molar-refractivity contribution >= 4 is 6.09 Å². The molecule has 76 valence electrons. The largest absolute Gasteiger partial charge is 0.453 e. The third-order valence-electron chi connectivity index (χ3n) is 3.35. The van der Waals surface area contributed by atoms with Gasteiger partial charge in [-0.05, 0) is 25.2 Å². The zero-order valence-corrected chi connectivity index (χ0v) is 8.27. The Morgan fingerprint density at radius 3 is 2.93 bits per heavy atom. The van der Waals surface area contributed by atoms with Crippen LogP contribution in [0.1, 0.15) is 19.3 Å². The van der Waals surface area contributed by atoms with E-state index in [0.717, 1.165) is 25.8 Å². The molecule has 1 aliphatic carbocycles. The van der Waals surface area contributed by atoms with E-state index in [-0.39, 0.29) is 18.1 Å². The van der Waals surface area contributed by atoms with Gasteiger partial charge in [-0.3, -0.25) is 0 Å². The number of carbonyl (C=O) groups excluding carboxylic acids is 1. The quantitative estimate of drug-likeness (QED) is 0.585. The van der Waals surface area contributed by atoms with Crippen molar-refractivity contribution in [3.8, 4) is 6.07 Å². The van der Waals surface area contributed by atoms with Crippen LogP contribution in [0.25, 0.3) is 0 Å². The summed E-state index contributed by atoms with van der Waals surface area (Å²) >= 11 is 0. The van der Waals surface area contributed by atoms with Gasteiger partial charge in [0.05, 0.1) is 25.1 Å². The van der Waals surface area contributed by atoms with E-state index in [1.165, 1.54) is 7.11 Å². The number of rotatable bonds is 0. The van der Waals surface area contributed by atoms with Crippen molar-refractivity contribution in [2.24, 2.45) is 11.8 Å². The molecule has 14 heavy (non-hydrogen) atoms. The lowest BCUT2D eigenvalue weighted by Crippen LogP contribution is -2.54. The van der Waals surface area contributed by atoms with Crippen LogP contribution >= 0.6 is 0 Å². The molecule has 1 saturated carbocycles. The summed E-state index contributed by atoms with van der Waals surface area (Å²) in [6, 6.07) is 2.39. The van der Waals surface area contributed by atoms with E-state index < -0.39 is 0 Å². The van der Waals surface area contributed by atoms with E-state index in [1.54, 1.807) is 4.90 Å². The molecule has 0 aromatic carbocycles. The van der Waals surface area contributed by atoms with E-state index in [2.05, 4.69) is 6.07 Å². The highest BCUT2D eigenvalue weighted by Crippen LogP contribution is 2.38. The fraction of sp³-hybridized carbons (Fsp3) is 0.800. The van der Waals surface area contributed by atoms with Crippen LogP contribution in [-0.2, 0) is 4.74 Å². The van der Waals surface area contributed by atoms with Gasteiger partial charge in [-0.1, -0.05) is 0 Å². The van der Waals surface area contributed by atoms with Crippen LogP contribution in [0.2, 0.25) is 0 Å². The molecule has 4 heteroatoms. The number of carbonyl (C=O) groups is 1. The number of nitriles is 1. The highest BCUT2D eigenvalue weighted by molar-refractivity contribution is 5.68. The Hall–Kier alpha value is -1.24. The van der Waals surface area contributed by atoms with Crippen molar-refractivity contribution in [1.29, 1.82) is 5.26 Å². The Labute approximate surface area is 83.4 Å². The van der Waals surface area contributed by atoms with Gasteiger partial charge in [0.15, 0.2) is 0 Å². The summed E-state index contributed by atoms with van der Waals surface area (Å²) in [5.74, 6) is 0.519. The Morgan fingerprint density at radius 1 is 1.57 bits per heavy atom. The first-order chi connectivity index (χ1) is 6.76. The molecule has 2 heterocycles. The van der Waals surface area contributed by atoms with Crippen LogP contribution in [0.3, 0.4) is 0 Å². The monoisotopic (exact) mass is 194 g/mol. The molecule has 0 N–H and O–H groups in total. The molecule has 0 spiro atoms. The third-order valence-corrected chi connectivity index (χ3v) is 3.35. The summed E-state index contributed by atoms with van der Waals surface area (Å²) in [6.07, 6.45) is 2.78. The minimum atomic E-state index is -0.278. The van der Waals surface area contributed by atoms with Gasteiger partial charge in [0, 0.05) is 6.54 Å². The predicted molar refractivity (Wildman–Crippen MR) is 49.3 cm³/mol. The number of methoxy groups -OCH3 is 1. The molecular weight excluding hydrogens is 180 g/mol. The molecule has 3 fully saturated rings. The maximum Gasteiger partial charge on any atom is 0.409 e. The Bertz CT molecular complexity index is 284. The minimum absolute atomic E-state index is 0.0154. The molecule has 3 aliphatic rings. The summed E-state index contributed by atoms with van der Waals surface area (Å²) < 4.78 is 4.71. The van der Waals surface area contributed by atoms with Crippen LogP contribution in [0.15, 0.2) is 0 Å². The topological polar surface area (TPSA) is 53.3 Å². The van der Waals surface area contributed by atoms with Gasteiger partial charge in [0.1, 0.15) is 0 Å². The van der Waals surface area contributed by atoms with E-state index in [9.17, 15) is 4.79 Å². The second kappa shape index (κ2) is 3.49. The van der Waals surface area contributed by atoms with Crippen molar-refractivity contribution in [1.82, 2.24) is 4.90 Å². The summed E-state index contributed by atoms with van der Waals surface area (Å²) in [5.41, 5.74) is 0. The third kappa shape index (κ3) is 1.33. The van der Waals surface area contributed by atoms with Gasteiger partial charge in [0.2, 0.25) is 0 Å². The number of nitrogens with zero attached hydrogens (tertiary/aromatic N) is 2. The average Bonchev–Trinajstić information content (AvgIpc) is 2.28. The Morgan fingerprint density at radius 2 is 2.36 bits per heavy atom. The van der Waals surface area contributed by atoms with Gasteiger partial charge in [0.25, 0.3) is 0 Å². The van der Waals surface area contributed by atoms with E-state index >= 15 is 0 Å². The minimum Gasteiger partial charge on any atom is -0.453 e. The van der Waals surface area contributed by atoms with Crippen molar-refractivity contribution in [3.63, 3.8) is 0 Å². The fourth-order valence-electron chi connectivity index (χ4n) is 2.66. The van der Waals surface area contributed by atoms with Crippen LogP contribution in [0.4, 0.5) is 4.79 Å². The van der Waals surface area contributed by atoms with Gasteiger partial charge in [-0.15, -0.1) is 0 Å². The molecule has 3 rings (SSSR count). The molecule has 4 nitrogen and oxygen atoms in total. The van der Waals surface area contributed by atoms with Crippen LogP contribution in [-0.4, -0.2) is 30.7 Å². The Kier molecular flexibility index (Phi) is 2.32. The molecule has 3 atom stereocenters. The number of fused-ring (bicyclic) bond motifs is 3. The maximum atomic E-state index is 11.4. The second-order valence-corrected chi connectivity index (χ2v) is 4.10. The number of piperidine rings is 2. The van der Waals surface area contributed by atoms with E-state index in [4.69, 9.17) is 10.00 Å². The average molecular weight is 194 g/mol. The van der Waals surface area contributed by atoms with Crippen molar-refractivity contribution in [3.05, 3.63) is 0 Å². The zero-order valence-electron chi connectivity index (χ0n) is 8.27. The normalized spacial score (nSPS) is 35.1. The molecule has 0 aromatic heterocycles. The molecule has 2 bridgehead atoms. The molecule has 2 aliphatic heterocycles. The van der Waals surface area contributed by atoms with Gasteiger partial charge >= 0.3 is 6.09 Å². The highest BCUT2D eigenvalue weighted by Gasteiger charge is 2.43. The molecule has 0 radical (unpaired) electrons. The zero-order chi connectivity index (χ0) is 10.1. The number of hydrogen-bond acceptors (Lipinski definition) is 3. The van der Waals surface area contributed by atoms with Crippen molar-refractivity contribution < 1.29 is 9.53 Å². The lowest BCUT2D eigenvalue weighted by molar-refractivity contribution is 0.0195. The Balaban J connectivity index is 2.14. The van der Waals surface area contributed by atoms with Crippen LogP contribution < -0.4 is 0 Å². The summed E-state index contributed by atoms with van der Waals surface area (Å²) in [6.45, 7) is 0.773. The summed E-state index contributed by atoms with van der Waals surface area (Å²) in [4.78, 5) is 13.1. The van der Waals surface area contributed by atoms with Crippen molar-refractivity contribution in [2.75, 3.05) is 13.7 Å². The first-order valence-corrected chi connectivity index (χ1v) is 5.00. The van der Waals surface area contributed by atoms with Gasteiger partial charge in [-0.25, -0.2) is 4.79 Å². The van der Waals surface area contributed by atoms with E-state index in [1.807, 2.05) is 0 Å². The molecule has 0 unspecified atom stereocenters. The molecule has 2 saturated heterocycles. The molecule has 1 amide bonds. The predicted octanol–water partition coefficient (Wildman–Crippen LogP) is 1.38. The fourth-order valence-corrected chi connectivity index (χ4v) is 2.66. The second-order valence-electron chi connectivity index (χ2n) is 4.10. The standard InChI is InChI=1S/C10H14N2O2/c1-14-10(13)12-6-7-2-3-9(12)8(4-7)5-11/h7-9H,2-4,6H2,1H3/t7-,8+,9-/m0/s1. The highest BCUT2D eigenvalue weighted by atomic mass is 16.5. The van der Waals surface area contributed by atoms with Gasteiger partial charge < -0.3 is 9.64 Å².